The van der Waals surface area contributed by atoms with Gasteiger partial charge in [-0.1, -0.05) is 0 Å². The smallest absolute Gasteiger partial charge is 0.272 e. The van der Waals surface area contributed by atoms with E-state index in [-0.39, 0.29) is 0 Å². The summed E-state index contributed by atoms with van der Waals surface area (Å²) in [6.45, 7) is 7.23. The van der Waals surface area contributed by atoms with Crippen molar-refractivity contribution in [2.75, 3.05) is 43.1 Å². The fraction of sp³-hybridized carbons (Fsp3) is 0.333. The van der Waals surface area contributed by atoms with Crippen LogP contribution in [0.25, 0.3) is 17.2 Å². The van der Waals surface area contributed by atoms with Gasteiger partial charge in [0.2, 0.25) is 5.95 Å². The molecule has 1 fully saturated rings. The number of ether oxygens (including phenoxy) is 1. The van der Waals surface area contributed by atoms with Crippen molar-refractivity contribution in [1.29, 1.82) is 0 Å². The zero-order valence-corrected chi connectivity index (χ0v) is 17.7. The lowest BCUT2D eigenvalue weighted by molar-refractivity contribution is 0.415. The van der Waals surface area contributed by atoms with E-state index in [4.69, 9.17) is 9.72 Å². The van der Waals surface area contributed by atoms with E-state index >= 15 is 0 Å². The maximum absolute atomic E-state index is 5.25. The van der Waals surface area contributed by atoms with Crippen LogP contribution in [0, 0.1) is 13.8 Å². The van der Waals surface area contributed by atoms with Crippen molar-refractivity contribution in [3.05, 3.63) is 48.0 Å². The molecule has 0 atom stereocenters. The number of rotatable bonds is 4. The summed E-state index contributed by atoms with van der Waals surface area (Å²) < 4.78 is 6.95. The number of benzene rings is 1. The Hall–Kier alpha value is -3.82. The number of anilines is 2. The quantitative estimate of drug-likeness (QED) is 0.493. The Balaban J connectivity index is 1.34. The van der Waals surface area contributed by atoms with E-state index in [2.05, 4.69) is 47.2 Å². The summed E-state index contributed by atoms with van der Waals surface area (Å²) in [7, 11) is 1.68. The zero-order valence-electron chi connectivity index (χ0n) is 17.7. The van der Waals surface area contributed by atoms with Crippen LogP contribution >= 0.6 is 0 Å². The lowest BCUT2D eigenvalue weighted by Crippen LogP contribution is -2.47. The second-order valence-corrected chi connectivity index (χ2v) is 7.42. The van der Waals surface area contributed by atoms with Crippen molar-refractivity contribution in [3.63, 3.8) is 0 Å². The van der Waals surface area contributed by atoms with E-state index < -0.39 is 0 Å². The number of aryl methyl sites for hydroxylation is 2. The number of aromatic nitrogens is 7. The first-order valence-corrected chi connectivity index (χ1v) is 10.2. The molecule has 0 spiro atoms. The maximum Gasteiger partial charge on any atom is 0.272 e. The second kappa shape index (κ2) is 7.78. The highest BCUT2D eigenvalue weighted by molar-refractivity contribution is 5.59. The van der Waals surface area contributed by atoms with Gasteiger partial charge in [0.1, 0.15) is 17.3 Å². The molecule has 0 unspecified atom stereocenters. The molecule has 0 aliphatic carbocycles. The lowest BCUT2D eigenvalue weighted by atomic mass is 10.2. The maximum atomic E-state index is 5.25. The van der Waals surface area contributed by atoms with Gasteiger partial charge in [0.25, 0.3) is 5.78 Å². The van der Waals surface area contributed by atoms with Gasteiger partial charge in [-0.25, -0.2) is 9.97 Å². The predicted octanol–water partition coefficient (Wildman–Crippen LogP) is 1.93. The van der Waals surface area contributed by atoms with Gasteiger partial charge in [0.05, 0.1) is 18.5 Å². The molecule has 31 heavy (non-hydrogen) atoms. The van der Waals surface area contributed by atoms with Crippen LogP contribution in [0.5, 0.6) is 5.75 Å². The Morgan fingerprint density at radius 2 is 1.61 bits per heavy atom. The van der Waals surface area contributed by atoms with Crippen molar-refractivity contribution < 1.29 is 4.74 Å². The number of fused-ring (bicyclic) bond motifs is 1. The molecule has 0 amide bonds. The van der Waals surface area contributed by atoms with Gasteiger partial charge in [0, 0.05) is 38.1 Å². The van der Waals surface area contributed by atoms with Crippen LogP contribution in [-0.2, 0) is 0 Å². The molecule has 1 aliphatic rings. The minimum atomic E-state index is 0.489. The molecule has 4 heterocycles. The Morgan fingerprint density at radius 1 is 0.871 bits per heavy atom. The van der Waals surface area contributed by atoms with Crippen LogP contribution in [-0.4, -0.2) is 68.1 Å². The highest BCUT2D eigenvalue weighted by atomic mass is 16.5. The monoisotopic (exact) mass is 417 g/mol. The predicted molar refractivity (Wildman–Crippen MR) is 116 cm³/mol. The summed E-state index contributed by atoms with van der Waals surface area (Å²) in [6.07, 6.45) is 1.77. The van der Waals surface area contributed by atoms with E-state index in [1.807, 2.05) is 32.0 Å². The van der Waals surface area contributed by atoms with Crippen molar-refractivity contribution >= 4 is 17.4 Å². The van der Waals surface area contributed by atoms with Crippen LogP contribution in [0.4, 0.5) is 11.6 Å². The average molecular weight is 417 g/mol. The Bertz CT molecular complexity index is 1210. The van der Waals surface area contributed by atoms with Crippen molar-refractivity contribution in [1.82, 2.24) is 34.8 Å². The minimum Gasteiger partial charge on any atom is -0.497 e. The third kappa shape index (κ3) is 3.60. The highest BCUT2D eigenvalue weighted by Gasteiger charge is 2.21. The SMILES string of the molecule is COc1ccc(N2CCN(c3nccc(-c4nnc5nc(C)nn5c4C)n3)CC2)cc1. The molecule has 0 N–H and O–H groups in total. The van der Waals surface area contributed by atoms with E-state index in [9.17, 15) is 0 Å². The first kappa shape index (κ1) is 19.2. The Labute approximate surface area is 179 Å². The number of piperazine rings is 1. The minimum absolute atomic E-state index is 0.489. The zero-order chi connectivity index (χ0) is 21.4. The third-order valence-electron chi connectivity index (χ3n) is 5.48. The molecule has 1 saturated heterocycles. The summed E-state index contributed by atoms with van der Waals surface area (Å²) in [4.78, 5) is 18.1. The van der Waals surface area contributed by atoms with E-state index in [0.717, 1.165) is 43.3 Å². The highest BCUT2D eigenvalue weighted by Crippen LogP contribution is 2.23. The topological polar surface area (TPSA) is 97.5 Å². The van der Waals surface area contributed by atoms with E-state index in [1.54, 1.807) is 17.8 Å². The molecular formula is C21H23N9O. The van der Waals surface area contributed by atoms with Gasteiger partial charge in [-0.3, -0.25) is 0 Å². The molecule has 10 nitrogen and oxygen atoms in total. The summed E-state index contributed by atoms with van der Waals surface area (Å²) in [6, 6.07) is 10.0. The first-order valence-electron chi connectivity index (χ1n) is 10.2. The van der Waals surface area contributed by atoms with Crippen molar-refractivity contribution in [3.8, 4) is 17.1 Å². The molecule has 10 heteroatoms. The normalized spacial score (nSPS) is 14.3. The summed E-state index contributed by atoms with van der Waals surface area (Å²) in [5.74, 6) is 2.71. The van der Waals surface area contributed by atoms with Gasteiger partial charge in [-0.05, 0) is 44.2 Å². The standard InChI is InChI=1S/C21H23N9O/c1-14-19(25-26-21-23-15(2)27-30(14)21)18-8-9-22-20(24-18)29-12-10-28(11-13-29)16-4-6-17(31-3)7-5-16/h4-9H,10-13H2,1-3H3. The van der Waals surface area contributed by atoms with Gasteiger partial charge >= 0.3 is 0 Å². The molecule has 5 rings (SSSR count). The molecule has 1 aromatic carbocycles. The third-order valence-corrected chi connectivity index (χ3v) is 5.48. The fourth-order valence-corrected chi connectivity index (χ4v) is 3.79. The van der Waals surface area contributed by atoms with Crippen LogP contribution in [0.3, 0.4) is 0 Å². The number of hydrogen-bond acceptors (Lipinski definition) is 9. The molecule has 158 valence electrons. The largest absolute Gasteiger partial charge is 0.497 e. The van der Waals surface area contributed by atoms with Crippen molar-refractivity contribution in [2.45, 2.75) is 13.8 Å². The van der Waals surface area contributed by atoms with Crippen LogP contribution in [0.15, 0.2) is 36.5 Å². The summed E-state index contributed by atoms with van der Waals surface area (Å²) >= 11 is 0. The number of hydrogen-bond donors (Lipinski definition) is 0. The summed E-state index contributed by atoms with van der Waals surface area (Å²) in [5, 5.41) is 12.9. The van der Waals surface area contributed by atoms with Crippen LogP contribution in [0.2, 0.25) is 0 Å². The first-order chi connectivity index (χ1) is 15.1. The molecule has 1 aliphatic heterocycles. The van der Waals surface area contributed by atoms with Crippen LogP contribution < -0.4 is 14.5 Å². The molecule has 0 bridgehead atoms. The Kier molecular flexibility index (Phi) is 4.81. The molecule has 4 aromatic rings. The molecule has 0 saturated carbocycles. The van der Waals surface area contributed by atoms with Gasteiger partial charge < -0.3 is 14.5 Å². The van der Waals surface area contributed by atoms with Gasteiger partial charge in [0.15, 0.2) is 0 Å². The second-order valence-electron chi connectivity index (χ2n) is 7.42. The number of nitrogens with zero attached hydrogens (tertiary/aromatic N) is 9. The fourth-order valence-electron chi connectivity index (χ4n) is 3.79. The van der Waals surface area contributed by atoms with Gasteiger partial charge in [-0.15, -0.1) is 15.3 Å². The average Bonchev–Trinajstić information content (AvgIpc) is 3.21. The summed E-state index contributed by atoms with van der Waals surface area (Å²) in [5.41, 5.74) is 3.44. The van der Waals surface area contributed by atoms with E-state index in [1.165, 1.54) is 5.69 Å². The molecular weight excluding hydrogens is 394 g/mol. The van der Waals surface area contributed by atoms with Gasteiger partial charge in [-0.2, -0.15) is 9.50 Å². The number of methoxy groups -OCH3 is 1. The molecule has 3 aromatic heterocycles. The van der Waals surface area contributed by atoms with Crippen LogP contribution in [0.1, 0.15) is 11.5 Å². The lowest BCUT2D eigenvalue weighted by Gasteiger charge is -2.36. The van der Waals surface area contributed by atoms with Crippen molar-refractivity contribution in [2.24, 2.45) is 0 Å². The Morgan fingerprint density at radius 3 is 2.35 bits per heavy atom. The van der Waals surface area contributed by atoms with E-state index in [0.29, 0.717) is 23.2 Å². The molecule has 0 radical (unpaired) electrons.